The highest BCUT2D eigenvalue weighted by Crippen LogP contribution is 2.57. The van der Waals surface area contributed by atoms with Crippen molar-refractivity contribution in [3.8, 4) is 0 Å². The summed E-state index contributed by atoms with van der Waals surface area (Å²) in [7, 11) is 0. The summed E-state index contributed by atoms with van der Waals surface area (Å²) in [6.45, 7) is 12.7. The number of carbonyl (C=O) groups excluding carboxylic acids is 1. The van der Waals surface area contributed by atoms with Crippen LogP contribution in [0.4, 0.5) is 0 Å². The first kappa shape index (κ1) is 19.8. The van der Waals surface area contributed by atoms with Gasteiger partial charge in [0.05, 0.1) is 0 Å². The minimum atomic E-state index is -0.212. The third kappa shape index (κ3) is 3.81. The smallest absolute Gasteiger partial charge is 0.334 e. The van der Waals surface area contributed by atoms with E-state index >= 15 is 0 Å². The van der Waals surface area contributed by atoms with E-state index in [9.17, 15) is 4.79 Å². The number of allylic oxidation sites excluding steroid dienone is 1. The molecule has 0 aromatic heterocycles. The minimum Gasteiger partial charge on any atom is -0.458 e. The van der Waals surface area contributed by atoms with Gasteiger partial charge in [-0.3, -0.25) is 0 Å². The van der Waals surface area contributed by atoms with Gasteiger partial charge in [0.1, 0.15) is 6.10 Å². The Morgan fingerprint density at radius 2 is 2.08 bits per heavy atom. The molecule has 1 saturated heterocycles. The highest BCUT2D eigenvalue weighted by atomic mass is 79.9. The highest BCUT2D eigenvalue weighted by molar-refractivity contribution is 9.11. The second kappa shape index (κ2) is 8.21. The summed E-state index contributed by atoms with van der Waals surface area (Å²) in [6, 6.07) is 0. The average molecular weight is 397 g/mol. The summed E-state index contributed by atoms with van der Waals surface area (Å²) in [6.07, 6.45) is 9.12. The molecule has 1 heterocycles. The predicted octanol–water partition coefficient (Wildman–Crippen LogP) is 6.41. The average Bonchev–Trinajstić information content (AvgIpc) is 3.00. The molecule has 3 rings (SSSR count). The number of esters is 1. The SMILES string of the molecule is C=C1C(=O)OC(CCC)C1C.CC1CCC2/C(=C/Br)CCCC12C. The Labute approximate surface area is 156 Å². The lowest BCUT2D eigenvalue weighted by molar-refractivity contribution is -0.139. The Morgan fingerprint density at radius 1 is 1.38 bits per heavy atom. The number of hydrogen-bond acceptors (Lipinski definition) is 2. The lowest BCUT2D eigenvalue weighted by Gasteiger charge is -2.41. The molecule has 0 amide bonds. The van der Waals surface area contributed by atoms with E-state index in [4.69, 9.17) is 4.74 Å². The fourth-order valence-electron chi connectivity index (χ4n) is 4.75. The van der Waals surface area contributed by atoms with Crippen molar-refractivity contribution in [2.45, 2.75) is 78.7 Å². The maximum absolute atomic E-state index is 10.9. The lowest BCUT2D eigenvalue weighted by Crippen LogP contribution is -2.31. The van der Waals surface area contributed by atoms with Crippen molar-refractivity contribution < 1.29 is 9.53 Å². The molecule has 3 aliphatic rings. The van der Waals surface area contributed by atoms with Gasteiger partial charge in [-0.15, -0.1) is 0 Å². The van der Waals surface area contributed by atoms with Crippen LogP contribution in [0.25, 0.3) is 0 Å². The molecule has 3 fully saturated rings. The van der Waals surface area contributed by atoms with Crippen molar-refractivity contribution in [2.75, 3.05) is 0 Å². The maximum atomic E-state index is 10.9. The quantitative estimate of drug-likeness (QED) is 0.398. The number of hydrogen-bond donors (Lipinski definition) is 0. The van der Waals surface area contributed by atoms with Gasteiger partial charge >= 0.3 is 5.97 Å². The standard InChI is InChI=1S/C12H19Br.C9H14O2/c1-9-5-6-11-10(8-13)4-3-7-12(9,11)2;1-4-5-8-6(2)7(3)9(10)11-8/h8-9,11H,3-7H2,1-2H3;6,8H,3-5H2,1-2H3/b10-8+;. The Kier molecular flexibility index (Phi) is 6.75. The zero-order chi connectivity index (χ0) is 17.9. The fourth-order valence-corrected chi connectivity index (χ4v) is 5.29. The van der Waals surface area contributed by atoms with Crippen molar-refractivity contribution in [1.29, 1.82) is 0 Å². The predicted molar refractivity (Wildman–Crippen MR) is 104 cm³/mol. The molecule has 0 spiro atoms. The van der Waals surface area contributed by atoms with E-state index in [0.29, 0.717) is 11.0 Å². The molecule has 0 aromatic rings. The Balaban J connectivity index is 0.000000177. The van der Waals surface area contributed by atoms with Gasteiger partial charge in [-0.2, -0.15) is 0 Å². The second-order valence-electron chi connectivity index (χ2n) is 8.12. The molecule has 2 nitrogen and oxygen atoms in total. The molecule has 0 N–H and O–H groups in total. The molecular weight excluding hydrogens is 364 g/mol. The van der Waals surface area contributed by atoms with Gasteiger partial charge in [0.15, 0.2) is 0 Å². The first-order valence-electron chi connectivity index (χ1n) is 9.54. The van der Waals surface area contributed by atoms with Crippen LogP contribution < -0.4 is 0 Å². The molecule has 5 atom stereocenters. The van der Waals surface area contributed by atoms with Crippen LogP contribution in [0.5, 0.6) is 0 Å². The number of carbonyl (C=O) groups is 1. The van der Waals surface area contributed by atoms with Gasteiger partial charge in [0.25, 0.3) is 0 Å². The minimum absolute atomic E-state index is 0.0833. The van der Waals surface area contributed by atoms with Gasteiger partial charge in [0.2, 0.25) is 0 Å². The number of halogens is 1. The van der Waals surface area contributed by atoms with E-state index in [1.807, 2.05) is 6.92 Å². The molecule has 2 saturated carbocycles. The van der Waals surface area contributed by atoms with E-state index in [1.165, 1.54) is 32.1 Å². The van der Waals surface area contributed by atoms with Crippen LogP contribution in [0.1, 0.15) is 72.6 Å². The summed E-state index contributed by atoms with van der Waals surface area (Å²) in [4.78, 5) is 13.1. The fraction of sp³-hybridized carbons (Fsp3) is 0.762. The topological polar surface area (TPSA) is 26.3 Å². The lowest BCUT2D eigenvalue weighted by atomic mass is 9.64. The van der Waals surface area contributed by atoms with Crippen molar-refractivity contribution in [1.82, 2.24) is 0 Å². The van der Waals surface area contributed by atoms with Gasteiger partial charge in [-0.05, 0) is 60.8 Å². The molecule has 5 unspecified atom stereocenters. The van der Waals surface area contributed by atoms with Gasteiger partial charge in [-0.1, -0.05) is 62.2 Å². The van der Waals surface area contributed by atoms with Crippen LogP contribution >= 0.6 is 15.9 Å². The van der Waals surface area contributed by atoms with E-state index in [-0.39, 0.29) is 18.0 Å². The molecule has 3 heteroatoms. The Morgan fingerprint density at radius 3 is 2.62 bits per heavy atom. The summed E-state index contributed by atoms with van der Waals surface area (Å²) in [5.41, 5.74) is 2.93. The van der Waals surface area contributed by atoms with E-state index < -0.39 is 0 Å². The summed E-state index contributed by atoms with van der Waals surface area (Å²) >= 11 is 3.53. The van der Waals surface area contributed by atoms with Crippen molar-refractivity contribution in [2.24, 2.45) is 23.2 Å². The zero-order valence-corrected chi connectivity index (χ0v) is 17.3. The van der Waals surface area contributed by atoms with Gasteiger partial charge < -0.3 is 4.74 Å². The second-order valence-corrected chi connectivity index (χ2v) is 8.58. The van der Waals surface area contributed by atoms with Crippen molar-refractivity contribution in [3.63, 3.8) is 0 Å². The number of ether oxygens (including phenoxy) is 1. The zero-order valence-electron chi connectivity index (χ0n) is 15.7. The highest BCUT2D eigenvalue weighted by Gasteiger charge is 2.46. The van der Waals surface area contributed by atoms with Gasteiger partial charge in [-0.25, -0.2) is 4.79 Å². The van der Waals surface area contributed by atoms with Crippen LogP contribution in [-0.2, 0) is 9.53 Å². The van der Waals surface area contributed by atoms with Crippen molar-refractivity contribution >= 4 is 21.9 Å². The largest absolute Gasteiger partial charge is 0.458 e. The first-order valence-corrected chi connectivity index (χ1v) is 10.5. The van der Waals surface area contributed by atoms with Crippen LogP contribution in [0, 0.1) is 23.2 Å². The van der Waals surface area contributed by atoms with Gasteiger partial charge in [0, 0.05) is 11.5 Å². The number of cyclic esters (lactones) is 1. The molecule has 136 valence electrons. The summed E-state index contributed by atoms with van der Waals surface area (Å²) in [5.74, 6) is 1.81. The molecule has 0 radical (unpaired) electrons. The van der Waals surface area contributed by atoms with E-state index in [0.717, 1.165) is 24.7 Å². The van der Waals surface area contributed by atoms with E-state index in [2.05, 4.69) is 48.3 Å². The monoisotopic (exact) mass is 396 g/mol. The van der Waals surface area contributed by atoms with E-state index in [1.54, 1.807) is 5.57 Å². The summed E-state index contributed by atoms with van der Waals surface area (Å²) in [5, 5.41) is 0. The van der Waals surface area contributed by atoms with Crippen LogP contribution in [0.15, 0.2) is 22.7 Å². The first-order chi connectivity index (χ1) is 11.3. The molecule has 2 aliphatic carbocycles. The maximum Gasteiger partial charge on any atom is 0.334 e. The molecule has 24 heavy (non-hydrogen) atoms. The third-order valence-electron chi connectivity index (χ3n) is 6.78. The number of rotatable bonds is 2. The Hall–Kier alpha value is -0.570. The molecule has 0 aromatic carbocycles. The number of fused-ring (bicyclic) bond motifs is 1. The van der Waals surface area contributed by atoms with Crippen LogP contribution in [0.3, 0.4) is 0 Å². The molecular formula is C21H33BrO2. The third-order valence-corrected chi connectivity index (χ3v) is 7.37. The molecule has 1 aliphatic heterocycles. The normalized spacial score (nSPS) is 40.1. The Bertz CT molecular complexity index is 510. The van der Waals surface area contributed by atoms with Crippen LogP contribution in [0.2, 0.25) is 0 Å². The molecule has 0 bridgehead atoms. The summed E-state index contributed by atoms with van der Waals surface area (Å²) < 4.78 is 5.09. The van der Waals surface area contributed by atoms with Crippen LogP contribution in [-0.4, -0.2) is 12.1 Å². The van der Waals surface area contributed by atoms with Crippen molar-refractivity contribution in [3.05, 3.63) is 22.7 Å².